The van der Waals surface area contributed by atoms with Gasteiger partial charge in [0.25, 0.3) is 0 Å². The summed E-state index contributed by atoms with van der Waals surface area (Å²) in [6, 6.07) is 8.41. The fraction of sp³-hybridized carbons (Fsp3) is 0.704. The normalized spacial score (nSPS) is 41.5. The minimum absolute atomic E-state index is 0.119. The number of carboxylic acid groups (broad SMARTS) is 1. The van der Waals surface area contributed by atoms with Crippen molar-refractivity contribution >= 4 is 23.5 Å². The highest BCUT2D eigenvalue weighted by atomic mass is 35.5. The summed E-state index contributed by atoms with van der Waals surface area (Å²) < 4.78 is 0. The summed E-state index contributed by atoms with van der Waals surface area (Å²) in [5, 5.41) is 14.1. The van der Waals surface area contributed by atoms with Crippen LogP contribution in [0.15, 0.2) is 24.3 Å². The Labute approximate surface area is 201 Å². The number of fused-ring (bicyclic) bond motifs is 1. The van der Waals surface area contributed by atoms with E-state index >= 15 is 0 Å². The van der Waals surface area contributed by atoms with Crippen LogP contribution in [0.3, 0.4) is 0 Å². The Morgan fingerprint density at radius 3 is 2.33 bits per heavy atom. The number of carbonyl (C=O) groups is 2. The van der Waals surface area contributed by atoms with Gasteiger partial charge in [0.1, 0.15) is 0 Å². The third kappa shape index (κ3) is 3.36. The molecule has 5 aliphatic carbocycles. The molecule has 1 amide bonds. The van der Waals surface area contributed by atoms with Crippen molar-refractivity contribution in [3.8, 4) is 0 Å². The van der Waals surface area contributed by atoms with Crippen molar-refractivity contribution in [1.29, 1.82) is 0 Å². The minimum atomic E-state index is -0.616. The lowest BCUT2D eigenvalue weighted by Crippen LogP contribution is -2.64. The smallest absolute Gasteiger partial charge is 0.309 e. The van der Waals surface area contributed by atoms with E-state index in [0.29, 0.717) is 35.5 Å². The van der Waals surface area contributed by atoms with Gasteiger partial charge in [-0.15, -0.1) is 0 Å². The molecule has 1 saturated heterocycles. The molecule has 1 aromatic rings. The van der Waals surface area contributed by atoms with Crippen LogP contribution in [0.25, 0.3) is 0 Å². The molecule has 4 bridgehead atoms. The first-order valence-electron chi connectivity index (χ1n) is 12.7. The zero-order chi connectivity index (χ0) is 23.1. The molecule has 1 aromatic carbocycles. The molecule has 1 heterocycles. The van der Waals surface area contributed by atoms with E-state index in [9.17, 15) is 14.7 Å². The van der Waals surface area contributed by atoms with Crippen molar-refractivity contribution in [3.63, 3.8) is 0 Å². The highest BCUT2D eigenvalue weighted by Crippen LogP contribution is 2.60. The number of aliphatic carboxylic acids is 1. The Morgan fingerprint density at radius 1 is 1.03 bits per heavy atom. The van der Waals surface area contributed by atoms with Crippen molar-refractivity contribution in [2.45, 2.75) is 69.9 Å². The van der Waals surface area contributed by atoms with E-state index in [1.165, 1.54) is 12.0 Å². The SMILES string of the molecule is CC(C)(C(=O)NC1C2CC3CC1CC(C(=O)O)(C3)C2)N1CC2CC(c3ccc(Cl)cc3)C2C1. The fourth-order valence-corrected chi connectivity index (χ4v) is 8.58. The number of rotatable bonds is 5. The monoisotopic (exact) mass is 470 g/mol. The molecule has 0 radical (unpaired) electrons. The second-order valence-corrected chi connectivity index (χ2v) is 12.8. The van der Waals surface area contributed by atoms with Crippen molar-refractivity contribution in [2.75, 3.05) is 13.1 Å². The number of likely N-dealkylation sites (tertiary alicyclic amines) is 1. The van der Waals surface area contributed by atoms with Gasteiger partial charge in [-0.3, -0.25) is 14.5 Å². The van der Waals surface area contributed by atoms with E-state index in [2.05, 4.69) is 36.2 Å². The molecule has 1 aliphatic heterocycles. The van der Waals surface area contributed by atoms with Gasteiger partial charge in [0, 0.05) is 24.2 Å². The van der Waals surface area contributed by atoms with Gasteiger partial charge in [-0.1, -0.05) is 23.7 Å². The second kappa shape index (κ2) is 7.45. The minimum Gasteiger partial charge on any atom is -0.481 e. The number of nitrogens with one attached hydrogen (secondary N) is 1. The predicted octanol–water partition coefficient (Wildman–Crippen LogP) is 4.55. The first-order valence-corrected chi connectivity index (χ1v) is 13.1. The van der Waals surface area contributed by atoms with Crippen molar-refractivity contribution < 1.29 is 14.7 Å². The molecule has 6 fully saturated rings. The summed E-state index contributed by atoms with van der Waals surface area (Å²) in [5.74, 6) is 2.49. The number of amides is 1. The number of benzene rings is 1. The first kappa shape index (κ1) is 21.9. The molecule has 7 rings (SSSR count). The molecular weight excluding hydrogens is 436 g/mol. The number of carbonyl (C=O) groups excluding carboxylic acids is 1. The Bertz CT molecular complexity index is 960. The molecule has 0 spiro atoms. The van der Waals surface area contributed by atoms with E-state index < -0.39 is 16.9 Å². The maximum Gasteiger partial charge on any atom is 0.309 e. The third-order valence-electron chi connectivity index (χ3n) is 10.2. The summed E-state index contributed by atoms with van der Waals surface area (Å²) in [6.07, 6.45) is 5.65. The summed E-state index contributed by atoms with van der Waals surface area (Å²) in [4.78, 5) is 28.0. The summed E-state index contributed by atoms with van der Waals surface area (Å²) in [7, 11) is 0. The van der Waals surface area contributed by atoms with Crippen LogP contribution in [0.5, 0.6) is 0 Å². The molecule has 5 atom stereocenters. The van der Waals surface area contributed by atoms with Crippen molar-refractivity contribution in [1.82, 2.24) is 10.2 Å². The van der Waals surface area contributed by atoms with Crippen LogP contribution < -0.4 is 5.32 Å². The molecule has 6 aliphatic rings. The van der Waals surface area contributed by atoms with Crippen LogP contribution >= 0.6 is 11.6 Å². The molecule has 0 aromatic heterocycles. The second-order valence-electron chi connectivity index (χ2n) is 12.3. The van der Waals surface area contributed by atoms with Gasteiger partial charge < -0.3 is 10.4 Å². The molecule has 2 N–H and O–H groups in total. The van der Waals surface area contributed by atoms with Crippen molar-refractivity contribution in [2.24, 2.45) is 35.0 Å². The lowest BCUT2D eigenvalue weighted by Gasteiger charge is -2.58. The number of carboxylic acids is 1. The van der Waals surface area contributed by atoms with E-state index in [4.69, 9.17) is 11.6 Å². The Hall–Kier alpha value is -1.59. The first-order chi connectivity index (χ1) is 15.7. The molecule has 5 unspecified atom stereocenters. The summed E-state index contributed by atoms with van der Waals surface area (Å²) >= 11 is 6.07. The van der Waals surface area contributed by atoms with Gasteiger partial charge in [0.15, 0.2) is 0 Å². The van der Waals surface area contributed by atoms with E-state index in [-0.39, 0.29) is 11.9 Å². The molecule has 6 heteroatoms. The third-order valence-corrected chi connectivity index (χ3v) is 10.5. The standard InChI is InChI=1S/C27H35ClN2O3/c1-26(2,30-13-19-9-21(22(19)14-30)16-3-5-20(28)6-4-16)24(31)29-23-17-7-15-8-18(23)12-27(10-15,11-17)25(32)33/h3-6,15,17-19,21-23H,7-14H2,1-2H3,(H,29,31)(H,32,33). The van der Waals surface area contributed by atoms with Gasteiger partial charge in [-0.2, -0.15) is 0 Å². The lowest BCUT2D eigenvalue weighted by atomic mass is 9.48. The average molecular weight is 471 g/mol. The Balaban J connectivity index is 1.12. The number of halogens is 1. The molecule has 178 valence electrons. The molecule has 5 saturated carbocycles. The molecule has 33 heavy (non-hydrogen) atoms. The van der Waals surface area contributed by atoms with Gasteiger partial charge in [0.05, 0.1) is 11.0 Å². The number of hydrogen-bond acceptors (Lipinski definition) is 3. The van der Waals surface area contributed by atoms with Gasteiger partial charge >= 0.3 is 5.97 Å². The predicted molar refractivity (Wildman–Crippen MR) is 127 cm³/mol. The van der Waals surface area contributed by atoms with Gasteiger partial charge in [-0.05, 0) is 106 Å². The molecule has 5 nitrogen and oxygen atoms in total. The topological polar surface area (TPSA) is 69.6 Å². The van der Waals surface area contributed by atoms with Crippen LogP contribution in [0, 0.1) is 35.0 Å². The van der Waals surface area contributed by atoms with Crippen LogP contribution in [0.1, 0.15) is 63.9 Å². The Kier molecular flexibility index (Phi) is 4.95. The highest BCUT2D eigenvalue weighted by Gasteiger charge is 2.59. The summed E-state index contributed by atoms with van der Waals surface area (Å²) in [5.41, 5.74) is 0.282. The largest absolute Gasteiger partial charge is 0.481 e. The van der Waals surface area contributed by atoms with E-state index in [1.807, 2.05) is 12.1 Å². The van der Waals surface area contributed by atoms with E-state index in [0.717, 1.165) is 50.2 Å². The summed E-state index contributed by atoms with van der Waals surface area (Å²) in [6.45, 7) is 6.08. The lowest BCUT2D eigenvalue weighted by molar-refractivity contribution is -0.168. The number of nitrogens with zero attached hydrogens (tertiary/aromatic N) is 1. The van der Waals surface area contributed by atoms with Crippen LogP contribution in [-0.4, -0.2) is 46.6 Å². The zero-order valence-corrected chi connectivity index (χ0v) is 20.4. The van der Waals surface area contributed by atoms with Crippen molar-refractivity contribution in [3.05, 3.63) is 34.9 Å². The highest BCUT2D eigenvalue weighted by molar-refractivity contribution is 6.30. The molecular formula is C27H35ClN2O3. The fourth-order valence-electron chi connectivity index (χ4n) is 8.45. The average Bonchev–Trinajstić information content (AvgIpc) is 3.08. The van der Waals surface area contributed by atoms with Crippen LogP contribution in [0.4, 0.5) is 0 Å². The zero-order valence-electron chi connectivity index (χ0n) is 19.6. The van der Waals surface area contributed by atoms with Crippen LogP contribution in [-0.2, 0) is 9.59 Å². The van der Waals surface area contributed by atoms with Gasteiger partial charge in [-0.25, -0.2) is 0 Å². The quantitative estimate of drug-likeness (QED) is 0.662. The Morgan fingerprint density at radius 2 is 1.70 bits per heavy atom. The maximum atomic E-state index is 13.6. The van der Waals surface area contributed by atoms with Crippen LogP contribution in [0.2, 0.25) is 5.02 Å². The van der Waals surface area contributed by atoms with E-state index in [1.54, 1.807) is 0 Å². The number of hydrogen-bond donors (Lipinski definition) is 2. The maximum absolute atomic E-state index is 13.6. The van der Waals surface area contributed by atoms with Gasteiger partial charge in [0.2, 0.25) is 5.91 Å².